The second-order valence-corrected chi connectivity index (χ2v) is 11.4. The van der Waals surface area contributed by atoms with Crippen molar-refractivity contribution in [2.24, 2.45) is 5.92 Å². The highest BCUT2D eigenvalue weighted by Crippen LogP contribution is 2.42. The zero-order chi connectivity index (χ0) is 30.0. The number of halogens is 1. The van der Waals surface area contributed by atoms with Crippen molar-refractivity contribution < 1.29 is 43.9 Å². The number of nitrogens with one attached hydrogen (secondary N) is 2. The molecule has 4 rings (SSSR count). The number of aliphatic hydroxyl groups excluding tert-OH is 4. The Bertz CT molecular complexity index is 1130. The Kier molecular flexibility index (Phi) is 10.2. The Balaban J connectivity index is 1.53. The van der Waals surface area contributed by atoms with Gasteiger partial charge >= 0.3 is 0 Å². The fourth-order valence-corrected chi connectivity index (χ4v) is 5.73. The molecule has 1 aliphatic carbocycles. The SMILES string of the molecule is CN[C@@H](C)C(=O)N[C@H](C(=O)N1CCC[C@@H]1CC1=CC(OC2O[C@H](CO)[C@H](O)[C@H](O)[C@H]2O)c2cc(F)ccc21)C(C)C. The fourth-order valence-electron chi connectivity index (χ4n) is 5.73. The summed E-state index contributed by atoms with van der Waals surface area (Å²) in [4.78, 5) is 28.1. The molecule has 12 heteroatoms. The summed E-state index contributed by atoms with van der Waals surface area (Å²) >= 11 is 0. The zero-order valence-corrected chi connectivity index (χ0v) is 23.9. The van der Waals surface area contributed by atoms with E-state index in [0.717, 1.165) is 24.0 Å². The number of likely N-dealkylation sites (tertiary alicyclic amines) is 1. The van der Waals surface area contributed by atoms with Crippen LogP contribution in [0.5, 0.6) is 0 Å². The number of carbonyl (C=O) groups excluding carboxylic acids is 2. The Morgan fingerprint density at radius 3 is 2.56 bits per heavy atom. The summed E-state index contributed by atoms with van der Waals surface area (Å²) in [5.41, 5.74) is 2.06. The van der Waals surface area contributed by atoms with Gasteiger partial charge in [-0.05, 0) is 74.1 Å². The zero-order valence-electron chi connectivity index (χ0n) is 23.9. The first-order chi connectivity index (χ1) is 19.5. The summed E-state index contributed by atoms with van der Waals surface area (Å²) in [6.07, 6.45) is -4.30. The Morgan fingerprint density at radius 2 is 1.90 bits per heavy atom. The number of hydrogen-bond donors (Lipinski definition) is 6. The molecule has 2 fully saturated rings. The van der Waals surface area contributed by atoms with Crippen molar-refractivity contribution in [3.63, 3.8) is 0 Å². The molecule has 9 atom stereocenters. The van der Waals surface area contributed by atoms with Crippen LogP contribution in [0.3, 0.4) is 0 Å². The summed E-state index contributed by atoms with van der Waals surface area (Å²) in [5, 5.41) is 46.0. The largest absolute Gasteiger partial charge is 0.394 e. The molecular weight excluding hydrogens is 537 g/mol. The van der Waals surface area contributed by atoms with Gasteiger partial charge in [0.25, 0.3) is 0 Å². The fraction of sp³-hybridized carbons (Fsp3) is 0.655. The van der Waals surface area contributed by atoms with E-state index in [0.29, 0.717) is 18.5 Å². The molecule has 11 nitrogen and oxygen atoms in total. The van der Waals surface area contributed by atoms with Gasteiger partial charge in [-0.2, -0.15) is 0 Å². The van der Waals surface area contributed by atoms with E-state index in [1.807, 2.05) is 18.7 Å². The number of amides is 2. The smallest absolute Gasteiger partial charge is 0.245 e. The van der Waals surface area contributed by atoms with E-state index in [1.165, 1.54) is 12.1 Å². The molecule has 2 amide bonds. The van der Waals surface area contributed by atoms with Crippen LogP contribution in [-0.2, 0) is 19.1 Å². The van der Waals surface area contributed by atoms with Crippen LogP contribution in [0.2, 0.25) is 0 Å². The number of carbonyl (C=O) groups is 2. The van der Waals surface area contributed by atoms with E-state index in [2.05, 4.69) is 10.6 Å². The number of benzene rings is 1. The number of fused-ring (bicyclic) bond motifs is 1. The molecule has 0 aromatic heterocycles. The summed E-state index contributed by atoms with van der Waals surface area (Å²) in [6.45, 7) is 5.47. The van der Waals surface area contributed by atoms with Crippen LogP contribution in [0.25, 0.3) is 5.57 Å². The van der Waals surface area contributed by atoms with E-state index in [1.54, 1.807) is 26.1 Å². The summed E-state index contributed by atoms with van der Waals surface area (Å²) in [6, 6.07) is 3.04. The molecule has 1 aromatic carbocycles. The molecule has 2 saturated heterocycles. The molecule has 41 heavy (non-hydrogen) atoms. The number of ether oxygens (including phenoxy) is 2. The maximum atomic E-state index is 14.3. The second kappa shape index (κ2) is 13.2. The molecule has 0 bridgehead atoms. The lowest BCUT2D eigenvalue weighted by atomic mass is 9.97. The lowest BCUT2D eigenvalue weighted by molar-refractivity contribution is -0.308. The highest BCUT2D eigenvalue weighted by Gasteiger charge is 2.45. The Morgan fingerprint density at radius 1 is 1.17 bits per heavy atom. The average molecular weight is 580 g/mol. The third-order valence-corrected chi connectivity index (χ3v) is 8.32. The van der Waals surface area contributed by atoms with Crippen LogP contribution in [0.1, 0.15) is 57.3 Å². The molecular formula is C29H42FN3O8. The topological polar surface area (TPSA) is 161 Å². The van der Waals surface area contributed by atoms with Crippen LogP contribution >= 0.6 is 0 Å². The molecule has 6 N–H and O–H groups in total. The maximum absolute atomic E-state index is 14.3. The Labute approximate surface area is 239 Å². The van der Waals surface area contributed by atoms with E-state index in [4.69, 9.17) is 9.47 Å². The number of nitrogens with zero attached hydrogens (tertiary/aromatic N) is 1. The van der Waals surface area contributed by atoms with Gasteiger partial charge in [-0.15, -0.1) is 0 Å². The molecule has 2 unspecified atom stereocenters. The lowest BCUT2D eigenvalue weighted by Gasteiger charge is -2.40. The van der Waals surface area contributed by atoms with Gasteiger partial charge < -0.3 is 45.4 Å². The minimum atomic E-state index is -1.61. The van der Waals surface area contributed by atoms with Gasteiger partial charge in [0, 0.05) is 12.6 Å². The summed E-state index contributed by atoms with van der Waals surface area (Å²) < 4.78 is 25.8. The number of hydrogen-bond acceptors (Lipinski definition) is 9. The van der Waals surface area contributed by atoms with E-state index in [9.17, 15) is 34.4 Å². The maximum Gasteiger partial charge on any atom is 0.245 e. The van der Waals surface area contributed by atoms with Crippen LogP contribution in [0, 0.1) is 11.7 Å². The Hall–Kier alpha value is -2.45. The first kappa shape index (κ1) is 31.5. The van der Waals surface area contributed by atoms with Crippen molar-refractivity contribution in [3.05, 3.63) is 41.2 Å². The first-order valence-electron chi connectivity index (χ1n) is 14.2. The highest BCUT2D eigenvalue weighted by molar-refractivity contribution is 5.90. The van der Waals surface area contributed by atoms with Gasteiger partial charge in [0.15, 0.2) is 6.29 Å². The summed E-state index contributed by atoms with van der Waals surface area (Å²) in [7, 11) is 1.68. The van der Waals surface area contributed by atoms with Crippen LogP contribution < -0.4 is 10.6 Å². The van der Waals surface area contributed by atoms with E-state index >= 15 is 0 Å². The summed E-state index contributed by atoms with van der Waals surface area (Å²) in [5.74, 6) is -1.00. The standard InChI is InChI=1S/C29H42FN3O8/c1-14(2)23(32-27(38)15(3)31-4)28(39)33-9-5-6-18(33)10-16-11-21(20-12-17(30)7-8-19(16)20)40-29-26(37)25(36)24(35)22(13-34)41-29/h7-8,11-12,14-15,18,21-26,29,31,34-37H,5-6,9-10,13H2,1-4H3,(H,32,38)/t15-,18+,21?,22+,23-,24-,25-,26+,29?/m0/s1. The first-order valence-corrected chi connectivity index (χ1v) is 14.2. The predicted octanol–water partition coefficient (Wildman–Crippen LogP) is 0.210. The number of rotatable bonds is 10. The van der Waals surface area contributed by atoms with Gasteiger partial charge in [-0.3, -0.25) is 9.59 Å². The van der Waals surface area contributed by atoms with Gasteiger partial charge in [-0.25, -0.2) is 4.39 Å². The minimum Gasteiger partial charge on any atom is -0.394 e. The van der Waals surface area contributed by atoms with Gasteiger partial charge in [0.1, 0.15) is 42.4 Å². The monoisotopic (exact) mass is 579 g/mol. The molecule has 0 radical (unpaired) electrons. The second-order valence-electron chi connectivity index (χ2n) is 11.4. The molecule has 3 aliphatic rings. The van der Waals surface area contributed by atoms with Crippen molar-refractivity contribution in [2.45, 2.75) is 95.0 Å². The van der Waals surface area contributed by atoms with Gasteiger partial charge in [0.05, 0.1) is 12.6 Å². The van der Waals surface area contributed by atoms with Crippen LogP contribution in [0.4, 0.5) is 4.39 Å². The average Bonchev–Trinajstić information content (AvgIpc) is 3.55. The van der Waals surface area contributed by atoms with E-state index < -0.39 is 61.3 Å². The number of aliphatic hydroxyl groups is 4. The number of likely N-dealkylation sites (N-methyl/N-ethyl adjacent to an activating group) is 1. The van der Waals surface area contributed by atoms with Crippen molar-refractivity contribution >= 4 is 17.4 Å². The minimum absolute atomic E-state index is 0.123. The van der Waals surface area contributed by atoms with Crippen molar-refractivity contribution in [3.8, 4) is 0 Å². The van der Waals surface area contributed by atoms with E-state index in [-0.39, 0.29) is 23.8 Å². The predicted molar refractivity (Wildman–Crippen MR) is 147 cm³/mol. The molecule has 0 spiro atoms. The van der Waals surface area contributed by atoms with Gasteiger partial charge in [0.2, 0.25) is 11.8 Å². The third kappa shape index (κ3) is 6.64. The molecule has 2 heterocycles. The lowest BCUT2D eigenvalue weighted by Crippen LogP contribution is -2.59. The third-order valence-electron chi connectivity index (χ3n) is 8.32. The molecule has 0 saturated carbocycles. The van der Waals surface area contributed by atoms with Crippen LogP contribution in [0.15, 0.2) is 24.3 Å². The van der Waals surface area contributed by atoms with Gasteiger partial charge in [-0.1, -0.05) is 19.9 Å². The van der Waals surface area contributed by atoms with Crippen molar-refractivity contribution in [1.82, 2.24) is 15.5 Å². The van der Waals surface area contributed by atoms with Crippen LogP contribution in [-0.4, -0.2) is 106 Å². The molecule has 228 valence electrons. The van der Waals surface area contributed by atoms with Crippen molar-refractivity contribution in [1.29, 1.82) is 0 Å². The highest BCUT2D eigenvalue weighted by atomic mass is 19.1. The normalized spacial score (nSPS) is 31.1. The van der Waals surface area contributed by atoms with Crippen molar-refractivity contribution in [2.75, 3.05) is 20.2 Å². The molecule has 1 aromatic rings. The molecule has 2 aliphatic heterocycles. The quantitative estimate of drug-likeness (QED) is 0.228.